The maximum Gasteiger partial charge on any atom is 0.224 e. The SMILES string of the molecule is O=C(Cc1cc2c(cc1Br)OCCO2)NCCc1csc2ccccc12. The van der Waals surface area contributed by atoms with Crippen molar-refractivity contribution in [3.63, 3.8) is 0 Å². The fraction of sp³-hybridized carbons (Fsp3) is 0.250. The number of fused-ring (bicyclic) bond motifs is 2. The van der Waals surface area contributed by atoms with Crippen molar-refractivity contribution in [2.75, 3.05) is 19.8 Å². The van der Waals surface area contributed by atoms with Crippen molar-refractivity contribution in [1.29, 1.82) is 0 Å². The predicted molar refractivity (Wildman–Crippen MR) is 107 cm³/mol. The molecular weight excluding hydrogens is 414 g/mol. The summed E-state index contributed by atoms with van der Waals surface area (Å²) in [7, 11) is 0. The molecule has 134 valence electrons. The van der Waals surface area contributed by atoms with Gasteiger partial charge in [0.25, 0.3) is 0 Å². The fourth-order valence-electron chi connectivity index (χ4n) is 3.04. The lowest BCUT2D eigenvalue weighted by Crippen LogP contribution is -2.27. The first kappa shape index (κ1) is 17.4. The van der Waals surface area contributed by atoms with Crippen LogP contribution in [0.15, 0.2) is 46.3 Å². The highest BCUT2D eigenvalue weighted by Crippen LogP contribution is 2.35. The van der Waals surface area contributed by atoms with E-state index in [9.17, 15) is 4.79 Å². The molecule has 0 fully saturated rings. The van der Waals surface area contributed by atoms with E-state index in [1.54, 1.807) is 11.3 Å². The summed E-state index contributed by atoms with van der Waals surface area (Å²) in [6, 6.07) is 12.1. The number of thiophene rings is 1. The lowest BCUT2D eigenvalue weighted by Gasteiger charge is -2.19. The van der Waals surface area contributed by atoms with Crippen molar-refractivity contribution in [3.8, 4) is 11.5 Å². The molecule has 0 radical (unpaired) electrons. The second kappa shape index (κ2) is 7.68. The molecule has 0 saturated carbocycles. The van der Waals surface area contributed by atoms with Gasteiger partial charge < -0.3 is 14.8 Å². The molecule has 0 unspecified atom stereocenters. The molecule has 1 amide bonds. The van der Waals surface area contributed by atoms with Crippen LogP contribution in [0.3, 0.4) is 0 Å². The average molecular weight is 432 g/mol. The van der Waals surface area contributed by atoms with Gasteiger partial charge in [0, 0.05) is 15.7 Å². The lowest BCUT2D eigenvalue weighted by molar-refractivity contribution is -0.120. The zero-order valence-electron chi connectivity index (χ0n) is 14.1. The molecule has 4 rings (SSSR count). The van der Waals surface area contributed by atoms with Crippen molar-refractivity contribution in [3.05, 3.63) is 57.4 Å². The molecule has 1 N–H and O–H groups in total. The van der Waals surface area contributed by atoms with Crippen LogP contribution in [0.4, 0.5) is 0 Å². The van der Waals surface area contributed by atoms with Crippen LogP contribution in [-0.2, 0) is 17.6 Å². The smallest absolute Gasteiger partial charge is 0.224 e. The molecule has 0 saturated heterocycles. The van der Waals surface area contributed by atoms with E-state index in [1.807, 2.05) is 12.1 Å². The largest absolute Gasteiger partial charge is 0.486 e. The maximum absolute atomic E-state index is 12.3. The van der Waals surface area contributed by atoms with Crippen LogP contribution in [0.25, 0.3) is 10.1 Å². The van der Waals surface area contributed by atoms with Crippen molar-refractivity contribution < 1.29 is 14.3 Å². The Labute approximate surface area is 164 Å². The number of ether oxygens (including phenoxy) is 2. The number of amides is 1. The van der Waals surface area contributed by atoms with Gasteiger partial charge in [0.2, 0.25) is 5.91 Å². The quantitative estimate of drug-likeness (QED) is 0.653. The molecule has 0 bridgehead atoms. The summed E-state index contributed by atoms with van der Waals surface area (Å²) in [5.74, 6) is 1.42. The van der Waals surface area contributed by atoms with E-state index in [1.165, 1.54) is 15.6 Å². The topological polar surface area (TPSA) is 47.6 Å². The Morgan fingerprint density at radius 1 is 1.12 bits per heavy atom. The zero-order chi connectivity index (χ0) is 17.9. The molecule has 0 atom stereocenters. The van der Waals surface area contributed by atoms with Gasteiger partial charge in [-0.25, -0.2) is 0 Å². The number of hydrogen-bond donors (Lipinski definition) is 1. The van der Waals surface area contributed by atoms with E-state index in [0.29, 0.717) is 31.9 Å². The van der Waals surface area contributed by atoms with E-state index in [0.717, 1.165) is 22.2 Å². The molecule has 1 aliphatic heterocycles. The molecular formula is C20H18BrNO3S. The van der Waals surface area contributed by atoms with E-state index in [2.05, 4.69) is 50.9 Å². The highest BCUT2D eigenvalue weighted by atomic mass is 79.9. The summed E-state index contributed by atoms with van der Waals surface area (Å²) in [5, 5.41) is 6.47. The molecule has 4 nitrogen and oxygen atoms in total. The van der Waals surface area contributed by atoms with Crippen LogP contribution < -0.4 is 14.8 Å². The molecule has 6 heteroatoms. The first-order chi connectivity index (χ1) is 12.7. The minimum atomic E-state index is 0.00177. The van der Waals surface area contributed by atoms with Gasteiger partial charge in [-0.05, 0) is 46.5 Å². The van der Waals surface area contributed by atoms with E-state index < -0.39 is 0 Å². The maximum atomic E-state index is 12.3. The summed E-state index contributed by atoms with van der Waals surface area (Å²) in [4.78, 5) is 12.3. The number of nitrogens with one attached hydrogen (secondary N) is 1. The second-order valence-corrected chi connectivity index (χ2v) is 7.89. The van der Waals surface area contributed by atoms with Crippen LogP contribution in [0, 0.1) is 0 Å². The lowest BCUT2D eigenvalue weighted by atomic mass is 10.1. The van der Waals surface area contributed by atoms with E-state index in [-0.39, 0.29) is 5.91 Å². The minimum Gasteiger partial charge on any atom is -0.486 e. The number of carbonyl (C=O) groups is 1. The standard InChI is InChI=1S/C20H18BrNO3S/c21-16-11-18-17(24-7-8-25-18)9-14(16)10-20(23)22-6-5-13-12-26-19-4-2-1-3-15(13)19/h1-4,9,11-12H,5-8,10H2,(H,22,23). The minimum absolute atomic E-state index is 0.00177. The molecule has 26 heavy (non-hydrogen) atoms. The third kappa shape index (κ3) is 3.71. The Bertz CT molecular complexity index is 953. The third-order valence-electron chi connectivity index (χ3n) is 4.34. The molecule has 1 aromatic heterocycles. The van der Waals surface area contributed by atoms with E-state index in [4.69, 9.17) is 9.47 Å². The van der Waals surface area contributed by atoms with Gasteiger partial charge in [-0.1, -0.05) is 34.1 Å². The Kier molecular flexibility index (Phi) is 5.13. The van der Waals surface area contributed by atoms with Crippen LogP contribution in [0.2, 0.25) is 0 Å². The number of hydrogen-bond acceptors (Lipinski definition) is 4. The Morgan fingerprint density at radius 3 is 2.73 bits per heavy atom. The van der Waals surface area contributed by atoms with Crippen molar-refractivity contribution >= 4 is 43.3 Å². The van der Waals surface area contributed by atoms with Gasteiger partial charge in [-0.15, -0.1) is 11.3 Å². The normalized spacial score (nSPS) is 13.0. The first-order valence-corrected chi connectivity index (χ1v) is 10.2. The molecule has 2 aromatic carbocycles. The summed E-state index contributed by atoms with van der Waals surface area (Å²) in [6.07, 6.45) is 1.14. The predicted octanol–water partition coefficient (Wildman–Crippen LogP) is 4.34. The van der Waals surface area contributed by atoms with Crippen molar-refractivity contribution in [2.24, 2.45) is 0 Å². The molecule has 2 heterocycles. The zero-order valence-corrected chi connectivity index (χ0v) is 16.5. The van der Waals surface area contributed by atoms with Gasteiger partial charge in [-0.2, -0.15) is 0 Å². The van der Waals surface area contributed by atoms with Gasteiger partial charge >= 0.3 is 0 Å². The highest BCUT2D eigenvalue weighted by Gasteiger charge is 2.16. The summed E-state index contributed by atoms with van der Waals surface area (Å²) < 4.78 is 13.3. The monoisotopic (exact) mass is 431 g/mol. The summed E-state index contributed by atoms with van der Waals surface area (Å²) in [6.45, 7) is 1.72. The number of rotatable bonds is 5. The first-order valence-electron chi connectivity index (χ1n) is 8.50. The van der Waals surface area contributed by atoms with Crippen molar-refractivity contribution in [2.45, 2.75) is 12.8 Å². The molecule has 1 aliphatic rings. The Morgan fingerprint density at radius 2 is 1.88 bits per heavy atom. The third-order valence-corrected chi connectivity index (χ3v) is 6.09. The van der Waals surface area contributed by atoms with Crippen LogP contribution in [0.5, 0.6) is 11.5 Å². The number of carbonyl (C=O) groups excluding carboxylic acids is 1. The number of benzene rings is 2. The summed E-state index contributed by atoms with van der Waals surface area (Å²) >= 11 is 5.26. The van der Waals surface area contributed by atoms with Gasteiger partial charge in [0.1, 0.15) is 13.2 Å². The average Bonchev–Trinajstić information content (AvgIpc) is 3.06. The molecule has 0 aliphatic carbocycles. The van der Waals surface area contributed by atoms with Gasteiger partial charge in [0.05, 0.1) is 6.42 Å². The Balaban J connectivity index is 1.36. The highest BCUT2D eigenvalue weighted by molar-refractivity contribution is 9.10. The second-order valence-electron chi connectivity index (χ2n) is 6.12. The fourth-order valence-corrected chi connectivity index (χ4v) is 4.50. The molecule has 3 aromatic rings. The van der Waals surface area contributed by atoms with E-state index >= 15 is 0 Å². The van der Waals surface area contributed by atoms with Gasteiger partial charge in [0.15, 0.2) is 11.5 Å². The Hall–Kier alpha value is -2.05. The van der Waals surface area contributed by atoms with Crippen LogP contribution in [0.1, 0.15) is 11.1 Å². The van der Waals surface area contributed by atoms with Crippen LogP contribution in [-0.4, -0.2) is 25.7 Å². The number of halogens is 1. The molecule has 0 spiro atoms. The van der Waals surface area contributed by atoms with Crippen molar-refractivity contribution in [1.82, 2.24) is 5.32 Å². The van der Waals surface area contributed by atoms with Crippen LogP contribution >= 0.6 is 27.3 Å². The summed E-state index contributed by atoms with van der Waals surface area (Å²) in [5.41, 5.74) is 2.18. The van der Waals surface area contributed by atoms with Gasteiger partial charge in [-0.3, -0.25) is 4.79 Å².